The number of carbonyl (C=O) groups is 2. The summed E-state index contributed by atoms with van der Waals surface area (Å²) in [4.78, 5) is 24.5. The number of hydrogen-bond acceptors (Lipinski definition) is 5. The van der Waals surface area contributed by atoms with Gasteiger partial charge in [-0.15, -0.1) is 11.8 Å². The summed E-state index contributed by atoms with van der Waals surface area (Å²) < 4.78 is 9.99. The number of esters is 1. The van der Waals surface area contributed by atoms with E-state index in [9.17, 15) is 9.59 Å². The van der Waals surface area contributed by atoms with Crippen LogP contribution < -0.4 is 10.1 Å². The summed E-state index contributed by atoms with van der Waals surface area (Å²) in [5, 5.41) is 2.83. The molecule has 0 heterocycles. The molecule has 0 saturated carbocycles. The monoisotopic (exact) mass is 345 g/mol. The second kappa shape index (κ2) is 8.98. The summed E-state index contributed by atoms with van der Waals surface area (Å²) in [5.74, 6) is 0.454. The molecule has 0 atom stereocenters. The predicted molar refractivity (Wildman–Crippen MR) is 94.7 cm³/mol. The number of nitrogens with one attached hydrogen (secondary N) is 1. The average molecular weight is 345 g/mol. The molecule has 0 spiro atoms. The van der Waals surface area contributed by atoms with Crippen molar-refractivity contribution in [2.75, 3.05) is 24.8 Å². The van der Waals surface area contributed by atoms with Gasteiger partial charge in [0.05, 0.1) is 19.5 Å². The molecule has 0 fully saturated rings. The van der Waals surface area contributed by atoms with E-state index in [2.05, 4.69) is 5.32 Å². The van der Waals surface area contributed by atoms with Crippen LogP contribution in [0.25, 0.3) is 0 Å². The molecule has 0 bridgehead atoms. The van der Waals surface area contributed by atoms with E-state index in [1.807, 2.05) is 12.1 Å². The molecule has 2 aromatic rings. The Labute approximate surface area is 145 Å². The lowest BCUT2D eigenvalue weighted by molar-refractivity contribution is -0.139. The van der Waals surface area contributed by atoms with Gasteiger partial charge in [0.15, 0.2) is 0 Å². The van der Waals surface area contributed by atoms with Crippen LogP contribution in [0, 0.1) is 0 Å². The van der Waals surface area contributed by atoms with Crippen LogP contribution in [0.15, 0.2) is 53.4 Å². The molecule has 2 aromatic carbocycles. The number of thioether (sulfide) groups is 1. The molecule has 2 rings (SSSR count). The van der Waals surface area contributed by atoms with E-state index >= 15 is 0 Å². The van der Waals surface area contributed by atoms with Crippen LogP contribution in [-0.4, -0.2) is 31.3 Å². The molecule has 0 aliphatic rings. The Kier molecular flexibility index (Phi) is 6.69. The Morgan fingerprint density at radius 3 is 2.54 bits per heavy atom. The summed E-state index contributed by atoms with van der Waals surface area (Å²) in [6.07, 6.45) is 0. The highest BCUT2D eigenvalue weighted by Crippen LogP contribution is 2.21. The molecule has 1 N–H and O–H groups in total. The van der Waals surface area contributed by atoms with E-state index in [-0.39, 0.29) is 17.6 Å². The van der Waals surface area contributed by atoms with Crippen LogP contribution in [0.5, 0.6) is 5.75 Å². The van der Waals surface area contributed by atoms with Gasteiger partial charge in [-0.1, -0.05) is 6.07 Å². The maximum absolute atomic E-state index is 12.2. The number of anilines is 1. The Bertz CT molecular complexity index is 700. The fourth-order valence-corrected chi connectivity index (χ4v) is 2.64. The highest BCUT2D eigenvalue weighted by molar-refractivity contribution is 8.00. The van der Waals surface area contributed by atoms with Gasteiger partial charge in [0, 0.05) is 16.1 Å². The van der Waals surface area contributed by atoms with E-state index in [1.54, 1.807) is 50.4 Å². The van der Waals surface area contributed by atoms with Crippen molar-refractivity contribution < 1.29 is 19.1 Å². The number of hydrogen-bond donors (Lipinski definition) is 1. The van der Waals surface area contributed by atoms with Gasteiger partial charge in [-0.3, -0.25) is 9.59 Å². The highest BCUT2D eigenvalue weighted by atomic mass is 32.2. The Hall–Kier alpha value is -2.47. The lowest BCUT2D eigenvalue weighted by atomic mass is 10.2. The number of benzene rings is 2. The van der Waals surface area contributed by atoms with Gasteiger partial charge in [-0.05, 0) is 49.4 Å². The molecule has 0 unspecified atom stereocenters. The first kappa shape index (κ1) is 17.9. The molecule has 24 heavy (non-hydrogen) atoms. The van der Waals surface area contributed by atoms with Crippen LogP contribution in [0.2, 0.25) is 0 Å². The zero-order valence-electron chi connectivity index (χ0n) is 13.6. The zero-order chi connectivity index (χ0) is 17.4. The van der Waals surface area contributed by atoms with Crippen molar-refractivity contribution in [2.45, 2.75) is 11.8 Å². The highest BCUT2D eigenvalue weighted by Gasteiger charge is 2.08. The van der Waals surface area contributed by atoms with Crippen LogP contribution in [0.4, 0.5) is 5.69 Å². The Morgan fingerprint density at radius 2 is 1.88 bits per heavy atom. The second-order valence-electron chi connectivity index (χ2n) is 4.80. The minimum atomic E-state index is -0.238. The van der Waals surface area contributed by atoms with Crippen molar-refractivity contribution in [3.05, 3.63) is 54.1 Å². The summed E-state index contributed by atoms with van der Waals surface area (Å²) in [6, 6.07) is 14.3. The molecule has 0 aliphatic heterocycles. The van der Waals surface area contributed by atoms with Gasteiger partial charge in [0.1, 0.15) is 5.75 Å². The summed E-state index contributed by atoms with van der Waals surface area (Å²) in [6.45, 7) is 2.16. The topological polar surface area (TPSA) is 64.6 Å². The second-order valence-corrected chi connectivity index (χ2v) is 5.85. The third kappa shape index (κ3) is 5.31. The molecule has 126 valence electrons. The van der Waals surface area contributed by atoms with Crippen molar-refractivity contribution in [2.24, 2.45) is 0 Å². The molecule has 5 nitrogen and oxygen atoms in total. The molecule has 0 radical (unpaired) electrons. The normalized spacial score (nSPS) is 10.1. The van der Waals surface area contributed by atoms with Gasteiger partial charge in [0.2, 0.25) is 0 Å². The average Bonchev–Trinajstić information content (AvgIpc) is 2.61. The largest absolute Gasteiger partial charge is 0.497 e. The summed E-state index contributed by atoms with van der Waals surface area (Å²) in [7, 11) is 1.56. The van der Waals surface area contributed by atoms with Crippen molar-refractivity contribution in [3.8, 4) is 5.75 Å². The van der Waals surface area contributed by atoms with E-state index in [0.29, 0.717) is 23.6 Å². The fourth-order valence-electron chi connectivity index (χ4n) is 1.95. The first-order valence-electron chi connectivity index (χ1n) is 7.46. The lowest BCUT2D eigenvalue weighted by Crippen LogP contribution is -2.11. The first-order valence-corrected chi connectivity index (χ1v) is 8.45. The number of carbonyl (C=O) groups excluding carboxylic acids is 2. The summed E-state index contributed by atoms with van der Waals surface area (Å²) in [5.41, 5.74) is 1.21. The zero-order valence-corrected chi connectivity index (χ0v) is 14.4. The number of rotatable bonds is 7. The van der Waals surface area contributed by atoms with E-state index in [0.717, 1.165) is 4.90 Å². The van der Waals surface area contributed by atoms with Gasteiger partial charge in [-0.25, -0.2) is 0 Å². The maximum atomic E-state index is 12.2. The Morgan fingerprint density at radius 1 is 1.12 bits per heavy atom. The Balaban J connectivity index is 1.93. The van der Waals surface area contributed by atoms with Gasteiger partial charge < -0.3 is 14.8 Å². The van der Waals surface area contributed by atoms with E-state index < -0.39 is 0 Å². The maximum Gasteiger partial charge on any atom is 0.316 e. The molecular weight excluding hydrogens is 326 g/mol. The number of ether oxygens (including phenoxy) is 2. The molecule has 0 aromatic heterocycles. The standard InChI is InChI=1S/C18H19NO4S/c1-3-23-17(20)12-24-16-9-7-14(8-10-16)19-18(21)13-5-4-6-15(11-13)22-2/h4-11H,3,12H2,1-2H3,(H,19,21). The van der Waals surface area contributed by atoms with Gasteiger partial charge in [-0.2, -0.15) is 0 Å². The SMILES string of the molecule is CCOC(=O)CSc1ccc(NC(=O)c2cccc(OC)c2)cc1. The van der Waals surface area contributed by atoms with Gasteiger partial charge in [0.25, 0.3) is 5.91 Å². The fraction of sp³-hybridized carbons (Fsp3) is 0.222. The van der Waals surface area contributed by atoms with E-state index in [4.69, 9.17) is 9.47 Å². The third-order valence-corrected chi connectivity index (χ3v) is 4.09. The van der Waals surface area contributed by atoms with Crippen LogP contribution in [0.1, 0.15) is 17.3 Å². The van der Waals surface area contributed by atoms with Crippen molar-refractivity contribution in [1.29, 1.82) is 0 Å². The number of methoxy groups -OCH3 is 1. The van der Waals surface area contributed by atoms with Crippen molar-refractivity contribution in [1.82, 2.24) is 0 Å². The van der Waals surface area contributed by atoms with Crippen LogP contribution in [-0.2, 0) is 9.53 Å². The molecular formula is C18H19NO4S. The lowest BCUT2D eigenvalue weighted by Gasteiger charge is -2.08. The van der Waals surface area contributed by atoms with Gasteiger partial charge >= 0.3 is 5.97 Å². The molecule has 0 saturated heterocycles. The molecule has 6 heteroatoms. The van der Waals surface area contributed by atoms with E-state index in [1.165, 1.54) is 11.8 Å². The van der Waals surface area contributed by atoms with Crippen LogP contribution in [0.3, 0.4) is 0 Å². The van der Waals surface area contributed by atoms with Crippen LogP contribution >= 0.6 is 11.8 Å². The molecule has 1 amide bonds. The minimum absolute atomic E-state index is 0.208. The van der Waals surface area contributed by atoms with Crippen molar-refractivity contribution >= 4 is 29.3 Å². The summed E-state index contributed by atoms with van der Waals surface area (Å²) >= 11 is 1.39. The smallest absolute Gasteiger partial charge is 0.316 e. The quantitative estimate of drug-likeness (QED) is 0.613. The predicted octanol–water partition coefficient (Wildman–Crippen LogP) is 3.60. The third-order valence-electron chi connectivity index (χ3n) is 3.11. The first-order chi connectivity index (χ1) is 11.6. The van der Waals surface area contributed by atoms with Crippen molar-refractivity contribution in [3.63, 3.8) is 0 Å². The number of amides is 1. The minimum Gasteiger partial charge on any atom is -0.497 e. The molecule has 0 aliphatic carbocycles.